The Bertz CT molecular complexity index is 1410. The summed E-state index contributed by atoms with van der Waals surface area (Å²) in [5.41, 5.74) is 5.76. The first-order chi connectivity index (χ1) is 19.5. The summed E-state index contributed by atoms with van der Waals surface area (Å²) in [7, 11) is 0. The number of hydrogen-bond donors (Lipinski definition) is 3. The summed E-state index contributed by atoms with van der Waals surface area (Å²) in [5.74, 6) is 0.491. The van der Waals surface area contributed by atoms with Crippen LogP contribution in [0.1, 0.15) is 45.9 Å². The van der Waals surface area contributed by atoms with Gasteiger partial charge in [0.2, 0.25) is 0 Å². The molecule has 0 bridgehead atoms. The molecule has 3 N–H and O–H groups in total. The molecule has 0 unspecified atom stereocenters. The number of hydrogen-bond acceptors (Lipinski definition) is 5. The van der Waals surface area contributed by atoms with Crippen LogP contribution < -0.4 is 10.1 Å². The lowest BCUT2D eigenvalue weighted by Gasteiger charge is -2.26. The quantitative estimate of drug-likeness (QED) is 0.222. The van der Waals surface area contributed by atoms with E-state index in [0.29, 0.717) is 44.0 Å². The fourth-order valence-corrected chi connectivity index (χ4v) is 5.09. The summed E-state index contributed by atoms with van der Waals surface area (Å²) in [6, 6.07) is 30.6. The van der Waals surface area contributed by atoms with Crippen molar-refractivity contribution in [2.45, 2.75) is 51.0 Å². The number of ether oxygens (including phenoxy) is 2. The van der Waals surface area contributed by atoms with Gasteiger partial charge in [0, 0.05) is 6.04 Å². The molecule has 1 aliphatic rings. The third kappa shape index (κ3) is 7.29. The minimum absolute atomic E-state index is 0.101. The van der Waals surface area contributed by atoms with Crippen molar-refractivity contribution < 1.29 is 24.5 Å². The lowest BCUT2D eigenvalue weighted by Crippen LogP contribution is -2.41. The van der Waals surface area contributed by atoms with Gasteiger partial charge < -0.3 is 25.0 Å². The van der Waals surface area contributed by atoms with E-state index in [2.05, 4.69) is 5.32 Å². The van der Waals surface area contributed by atoms with Gasteiger partial charge >= 0.3 is 0 Å². The minimum atomic E-state index is -1.31. The molecule has 0 saturated carbocycles. The number of carbonyl (C=O) groups is 1. The highest BCUT2D eigenvalue weighted by atomic mass is 16.5. The van der Waals surface area contributed by atoms with Crippen LogP contribution in [0.3, 0.4) is 0 Å². The Hall–Kier alpha value is -4.13. The summed E-state index contributed by atoms with van der Waals surface area (Å²) in [4.78, 5) is 13.0. The van der Waals surface area contributed by atoms with Crippen molar-refractivity contribution in [2.24, 2.45) is 0 Å². The number of amides is 1. The Balaban J connectivity index is 1.25. The van der Waals surface area contributed by atoms with Crippen molar-refractivity contribution in [3.8, 4) is 11.5 Å². The Morgan fingerprint density at radius 1 is 0.875 bits per heavy atom. The molecule has 0 fully saturated rings. The fraction of sp³-hybridized carbons (Fsp3) is 0.265. The summed E-state index contributed by atoms with van der Waals surface area (Å²) >= 11 is 0. The highest BCUT2D eigenvalue weighted by Gasteiger charge is 2.25. The number of aryl methyl sites for hydroxylation is 1. The van der Waals surface area contributed by atoms with Crippen LogP contribution in [0.4, 0.5) is 0 Å². The van der Waals surface area contributed by atoms with Crippen LogP contribution in [0, 0.1) is 0 Å². The van der Waals surface area contributed by atoms with Gasteiger partial charge in [-0.2, -0.15) is 0 Å². The van der Waals surface area contributed by atoms with Gasteiger partial charge in [-0.15, -0.1) is 0 Å². The molecule has 4 aromatic rings. The Morgan fingerprint density at radius 2 is 1.60 bits per heavy atom. The molecule has 1 amide bonds. The van der Waals surface area contributed by atoms with E-state index >= 15 is 0 Å². The second kappa shape index (κ2) is 13.3. The number of aliphatic hydroxyl groups is 1. The van der Waals surface area contributed by atoms with Crippen molar-refractivity contribution in [3.63, 3.8) is 0 Å². The molecule has 40 heavy (non-hydrogen) atoms. The van der Waals surface area contributed by atoms with E-state index in [1.165, 1.54) is 5.56 Å². The second-order valence-electron chi connectivity index (χ2n) is 10.2. The third-order valence-corrected chi connectivity index (χ3v) is 7.28. The van der Waals surface area contributed by atoms with Crippen LogP contribution in [-0.2, 0) is 42.0 Å². The normalized spacial score (nSPS) is 15.2. The van der Waals surface area contributed by atoms with Gasteiger partial charge in [0.15, 0.2) is 6.10 Å². The molecule has 0 aliphatic heterocycles. The Labute approximate surface area is 235 Å². The lowest BCUT2D eigenvalue weighted by molar-refractivity contribution is -0.130. The molecular weight excluding hydrogens is 502 g/mol. The molecule has 5 rings (SSSR count). The van der Waals surface area contributed by atoms with Crippen LogP contribution in [-0.4, -0.2) is 28.8 Å². The number of phenolic OH excluding ortho intramolecular Hbond substituents is 1. The molecule has 1 aliphatic carbocycles. The smallest absolute Gasteiger partial charge is 0.253 e. The van der Waals surface area contributed by atoms with E-state index in [4.69, 9.17) is 9.47 Å². The average Bonchev–Trinajstić information content (AvgIpc) is 2.99. The molecular formula is C34H35NO5. The van der Waals surface area contributed by atoms with Crippen LogP contribution in [0.15, 0.2) is 97.1 Å². The summed E-state index contributed by atoms with van der Waals surface area (Å²) in [6.45, 7) is 1.39. The number of carbonyl (C=O) groups excluding carboxylic acids is 1. The zero-order valence-corrected chi connectivity index (χ0v) is 22.5. The molecule has 0 aromatic heterocycles. The van der Waals surface area contributed by atoms with Gasteiger partial charge in [-0.25, -0.2) is 0 Å². The SMILES string of the molecule is O=C(N[C@@H]1CCc2ccc(O)cc2C1)[C@H](O)c1ccc(OCc2ccccc2)c(CCOCc2ccccc2)c1. The van der Waals surface area contributed by atoms with E-state index in [1.54, 1.807) is 18.2 Å². The van der Waals surface area contributed by atoms with Gasteiger partial charge in [-0.3, -0.25) is 4.79 Å². The predicted octanol–water partition coefficient (Wildman–Crippen LogP) is 5.44. The Kier molecular flexibility index (Phi) is 9.11. The monoisotopic (exact) mass is 537 g/mol. The van der Waals surface area contributed by atoms with E-state index in [0.717, 1.165) is 35.1 Å². The number of aromatic hydroxyl groups is 1. The van der Waals surface area contributed by atoms with E-state index in [-0.39, 0.29) is 11.8 Å². The molecule has 6 nitrogen and oxygen atoms in total. The molecule has 0 spiro atoms. The molecule has 6 heteroatoms. The highest BCUT2D eigenvalue weighted by molar-refractivity contribution is 5.82. The maximum absolute atomic E-state index is 13.0. The predicted molar refractivity (Wildman–Crippen MR) is 154 cm³/mol. The Morgan fingerprint density at radius 3 is 2.35 bits per heavy atom. The first kappa shape index (κ1) is 27.4. The number of benzene rings is 4. The third-order valence-electron chi connectivity index (χ3n) is 7.28. The van der Waals surface area contributed by atoms with Gasteiger partial charge in [-0.05, 0) is 83.3 Å². The van der Waals surface area contributed by atoms with E-state index in [9.17, 15) is 15.0 Å². The summed E-state index contributed by atoms with van der Waals surface area (Å²) < 4.78 is 12.1. The second-order valence-corrected chi connectivity index (χ2v) is 10.2. The van der Waals surface area contributed by atoms with Crippen LogP contribution in [0.2, 0.25) is 0 Å². The standard InChI is InChI=1S/C34H35NO5/c36-31-15-12-26-11-14-30(20-29(26)21-31)35-34(38)33(37)28-13-16-32(40-23-25-9-5-2-6-10-25)27(19-28)17-18-39-22-24-7-3-1-4-8-24/h1-10,12-13,15-16,19,21,30,33,36-37H,11,14,17-18,20,22-23H2,(H,35,38)/t30-,33-/m1/s1. The van der Waals surface area contributed by atoms with Crippen molar-refractivity contribution in [1.29, 1.82) is 0 Å². The first-order valence-electron chi connectivity index (χ1n) is 13.8. The number of rotatable bonds is 11. The fourth-order valence-electron chi connectivity index (χ4n) is 5.09. The van der Waals surface area contributed by atoms with Crippen molar-refractivity contribution in [1.82, 2.24) is 5.32 Å². The first-order valence-corrected chi connectivity index (χ1v) is 13.8. The summed E-state index contributed by atoms with van der Waals surface area (Å²) in [6.07, 6.45) is 1.49. The minimum Gasteiger partial charge on any atom is -0.508 e. The average molecular weight is 538 g/mol. The topological polar surface area (TPSA) is 88.0 Å². The van der Waals surface area contributed by atoms with Crippen LogP contribution >= 0.6 is 0 Å². The molecule has 206 valence electrons. The maximum Gasteiger partial charge on any atom is 0.253 e. The zero-order valence-electron chi connectivity index (χ0n) is 22.5. The van der Waals surface area contributed by atoms with Crippen molar-refractivity contribution >= 4 is 5.91 Å². The van der Waals surface area contributed by atoms with Gasteiger partial charge in [0.25, 0.3) is 5.91 Å². The number of aliphatic hydroxyl groups excluding tert-OH is 1. The lowest BCUT2D eigenvalue weighted by atomic mass is 9.88. The van der Waals surface area contributed by atoms with Crippen molar-refractivity contribution in [2.75, 3.05) is 6.61 Å². The molecule has 0 heterocycles. The van der Waals surface area contributed by atoms with Crippen LogP contribution in [0.25, 0.3) is 0 Å². The molecule has 4 aromatic carbocycles. The van der Waals surface area contributed by atoms with Crippen LogP contribution in [0.5, 0.6) is 11.5 Å². The van der Waals surface area contributed by atoms with Gasteiger partial charge in [-0.1, -0.05) is 72.8 Å². The summed E-state index contributed by atoms with van der Waals surface area (Å²) in [5, 5.41) is 23.8. The molecule has 0 radical (unpaired) electrons. The molecule has 2 atom stereocenters. The van der Waals surface area contributed by atoms with Gasteiger partial charge in [0.1, 0.15) is 18.1 Å². The van der Waals surface area contributed by atoms with Crippen molar-refractivity contribution in [3.05, 3.63) is 130 Å². The van der Waals surface area contributed by atoms with E-state index in [1.807, 2.05) is 78.9 Å². The maximum atomic E-state index is 13.0. The largest absolute Gasteiger partial charge is 0.508 e. The number of nitrogens with one attached hydrogen (secondary N) is 1. The zero-order chi connectivity index (χ0) is 27.7. The highest BCUT2D eigenvalue weighted by Crippen LogP contribution is 2.28. The van der Waals surface area contributed by atoms with E-state index < -0.39 is 12.0 Å². The molecule has 0 saturated heterocycles. The van der Waals surface area contributed by atoms with Gasteiger partial charge in [0.05, 0.1) is 13.2 Å². The number of fused-ring (bicyclic) bond motifs is 1. The number of phenols is 1.